The molecule has 0 aromatic carbocycles. The van der Waals surface area contributed by atoms with Gasteiger partial charge >= 0.3 is 6.09 Å². The lowest BCUT2D eigenvalue weighted by molar-refractivity contribution is -0.120. The van der Waals surface area contributed by atoms with Crippen LogP contribution >= 0.6 is 15.9 Å². The van der Waals surface area contributed by atoms with Gasteiger partial charge in [-0.05, 0) is 43.6 Å². The first-order chi connectivity index (χ1) is 11.0. The number of amides is 2. The van der Waals surface area contributed by atoms with E-state index in [-0.39, 0.29) is 18.8 Å². The molecule has 0 radical (unpaired) electrons. The normalized spacial score (nSPS) is 23.9. The zero-order valence-electron chi connectivity index (χ0n) is 14.0. The number of rotatable bonds is 2. The molecule has 2 heterocycles. The number of carbonyl (C=O) groups excluding carboxylic acids is 2. The van der Waals surface area contributed by atoms with Gasteiger partial charge in [-0.3, -0.25) is 14.7 Å². The van der Waals surface area contributed by atoms with Crippen molar-refractivity contribution in [1.82, 2.24) is 14.9 Å². The number of alkyl halides is 1. The summed E-state index contributed by atoms with van der Waals surface area (Å²) < 4.78 is 20.1. The molecule has 2 atom stereocenters. The number of hydrogen-bond donors (Lipinski definition) is 1. The number of aromatic nitrogens is 2. The van der Waals surface area contributed by atoms with Crippen LogP contribution in [0.1, 0.15) is 34.1 Å². The van der Waals surface area contributed by atoms with Gasteiger partial charge in [-0.25, -0.2) is 14.2 Å². The van der Waals surface area contributed by atoms with Crippen molar-refractivity contribution in [2.45, 2.75) is 51.4 Å². The Kier molecular flexibility index (Phi) is 5.12. The summed E-state index contributed by atoms with van der Waals surface area (Å²) in [6, 6.07) is -0.976. The Bertz CT molecular complexity index is 648. The topological polar surface area (TPSA) is 84.4 Å². The molecule has 1 aromatic rings. The number of carbonyl (C=O) groups is 2. The summed E-state index contributed by atoms with van der Waals surface area (Å²) in [5.74, 6) is -0.319. The monoisotopic (exact) mass is 402 g/mol. The maximum absolute atomic E-state index is 14.4. The molecule has 132 valence electrons. The van der Waals surface area contributed by atoms with Crippen molar-refractivity contribution in [2.75, 3.05) is 11.9 Å². The molecular formula is C15H20BrFN4O3. The summed E-state index contributed by atoms with van der Waals surface area (Å²) in [6.45, 7) is 6.28. The third-order valence-corrected chi connectivity index (χ3v) is 3.66. The summed E-state index contributed by atoms with van der Waals surface area (Å²) in [5, 5.41) is 2.55. The molecular weight excluding hydrogens is 383 g/mol. The van der Waals surface area contributed by atoms with Crippen molar-refractivity contribution in [1.29, 1.82) is 0 Å². The quantitative estimate of drug-likeness (QED) is 0.821. The van der Waals surface area contributed by atoms with Crippen molar-refractivity contribution in [2.24, 2.45) is 0 Å². The summed E-state index contributed by atoms with van der Waals surface area (Å²) in [5.41, 5.74) is -2.40. The molecule has 7 nitrogen and oxygen atoms in total. The Balaban J connectivity index is 2.15. The fraction of sp³-hybridized carbons (Fsp3) is 0.600. The van der Waals surface area contributed by atoms with E-state index in [4.69, 9.17) is 4.74 Å². The van der Waals surface area contributed by atoms with Crippen LogP contribution in [0.3, 0.4) is 0 Å². The lowest BCUT2D eigenvalue weighted by atomic mass is 10.0. The van der Waals surface area contributed by atoms with Gasteiger partial charge in [-0.1, -0.05) is 0 Å². The van der Waals surface area contributed by atoms with E-state index in [1.165, 1.54) is 19.3 Å². The van der Waals surface area contributed by atoms with Gasteiger partial charge in [0.25, 0.3) is 0 Å². The van der Waals surface area contributed by atoms with Crippen LogP contribution in [0.15, 0.2) is 17.0 Å². The molecule has 24 heavy (non-hydrogen) atoms. The third kappa shape index (κ3) is 4.86. The van der Waals surface area contributed by atoms with Crippen molar-refractivity contribution in [3.8, 4) is 0 Å². The smallest absolute Gasteiger partial charge is 0.411 e. The second-order valence-electron chi connectivity index (χ2n) is 6.96. The average molecular weight is 403 g/mol. The fourth-order valence-electron chi connectivity index (χ4n) is 2.40. The number of halogens is 2. The Labute approximate surface area is 148 Å². The zero-order chi connectivity index (χ0) is 18.1. The molecule has 2 rings (SSSR count). The average Bonchev–Trinajstić information content (AvgIpc) is 2.73. The number of nitrogens with zero attached hydrogens (tertiary/aromatic N) is 3. The maximum atomic E-state index is 14.4. The van der Waals surface area contributed by atoms with E-state index in [0.29, 0.717) is 4.60 Å². The highest BCUT2D eigenvalue weighted by molar-refractivity contribution is 9.10. The largest absolute Gasteiger partial charge is 0.444 e. The predicted octanol–water partition coefficient (Wildman–Crippen LogP) is 2.92. The first-order valence-corrected chi connectivity index (χ1v) is 8.23. The molecule has 9 heteroatoms. The van der Waals surface area contributed by atoms with Gasteiger partial charge in [0.05, 0.1) is 18.9 Å². The maximum Gasteiger partial charge on any atom is 0.411 e. The van der Waals surface area contributed by atoms with Crippen molar-refractivity contribution < 1.29 is 18.7 Å². The molecule has 0 aliphatic carbocycles. The van der Waals surface area contributed by atoms with Crippen LogP contribution < -0.4 is 5.32 Å². The van der Waals surface area contributed by atoms with Crippen molar-refractivity contribution in [3.63, 3.8) is 0 Å². The molecule has 1 fully saturated rings. The van der Waals surface area contributed by atoms with Crippen LogP contribution in [-0.2, 0) is 9.53 Å². The molecule has 2 amide bonds. The van der Waals surface area contributed by atoms with E-state index in [1.54, 1.807) is 20.8 Å². The molecule has 1 saturated heterocycles. The Morgan fingerprint density at radius 2 is 2.12 bits per heavy atom. The van der Waals surface area contributed by atoms with Gasteiger partial charge in [0.2, 0.25) is 5.91 Å². The molecule has 1 aliphatic heterocycles. The molecule has 0 bridgehead atoms. The van der Waals surface area contributed by atoms with E-state index < -0.39 is 29.3 Å². The second kappa shape index (κ2) is 6.62. The standard InChI is InChI=1S/C15H20BrFN4O3/c1-14(2,3)24-13(23)21-8-15(4,17)5-9(21)12(22)20-11-7-18-6-10(16)19-11/h6-7,9H,5,8H2,1-4H3,(H,19,20,22). The number of ether oxygens (including phenoxy) is 1. The highest BCUT2D eigenvalue weighted by Gasteiger charge is 2.48. The molecule has 0 spiro atoms. The summed E-state index contributed by atoms with van der Waals surface area (Å²) in [7, 11) is 0. The van der Waals surface area contributed by atoms with E-state index in [9.17, 15) is 14.0 Å². The fourth-order valence-corrected chi connectivity index (χ4v) is 2.71. The van der Waals surface area contributed by atoms with Gasteiger partial charge in [-0.15, -0.1) is 0 Å². The molecule has 1 aromatic heterocycles. The zero-order valence-corrected chi connectivity index (χ0v) is 15.6. The van der Waals surface area contributed by atoms with E-state index >= 15 is 0 Å². The first kappa shape index (κ1) is 18.6. The van der Waals surface area contributed by atoms with Crippen molar-refractivity contribution >= 4 is 33.7 Å². The molecule has 0 saturated carbocycles. The van der Waals surface area contributed by atoms with Crippen LogP contribution in [0.25, 0.3) is 0 Å². The highest BCUT2D eigenvalue weighted by Crippen LogP contribution is 2.32. The SMILES string of the molecule is CC1(F)CC(C(=O)Nc2cncc(Br)n2)N(C(=O)OC(C)(C)C)C1. The van der Waals surface area contributed by atoms with E-state index in [0.717, 1.165) is 4.90 Å². The summed E-state index contributed by atoms with van der Waals surface area (Å²) >= 11 is 3.15. The first-order valence-electron chi connectivity index (χ1n) is 7.44. The minimum Gasteiger partial charge on any atom is -0.444 e. The summed E-state index contributed by atoms with van der Waals surface area (Å²) in [6.07, 6.45) is 2.00. The van der Waals surface area contributed by atoms with Gasteiger partial charge < -0.3 is 10.1 Å². The van der Waals surface area contributed by atoms with Gasteiger partial charge in [0.15, 0.2) is 5.82 Å². The number of hydrogen-bond acceptors (Lipinski definition) is 5. The Morgan fingerprint density at radius 3 is 2.71 bits per heavy atom. The Hall–Kier alpha value is -1.77. The van der Waals surface area contributed by atoms with Gasteiger partial charge in [0, 0.05) is 6.42 Å². The lowest BCUT2D eigenvalue weighted by Crippen LogP contribution is -2.45. The minimum atomic E-state index is -1.66. The molecule has 1 N–H and O–H groups in total. The van der Waals surface area contributed by atoms with E-state index in [2.05, 4.69) is 31.2 Å². The van der Waals surface area contributed by atoms with Crippen LogP contribution in [0, 0.1) is 0 Å². The number of nitrogens with one attached hydrogen (secondary N) is 1. The number of anilines is 1. The Morgan fingerprint density at radius 1 is 1.46 bits per heavy atom. The van der Waals surface area contributed by atoms with Crippen LogP contribution in [0.5, 0.6) is 0 Å². The van der Waals surface area contributed by atoms with Gasteiger partial charge in [0.1, 0.15) is 21.9 Å². The lowest BCUT2D eigenvalue weighted by Gasteiger charge is -2.27. The predicted molar refractivity (Wildman–Crippen MR) is 89.2 cm³/mol. The third-order valence-electron chi connectivity index (χ3n) is 3.28. The van der Waals surface area contributed by atoms with Gasteiger partial charge in [-0.2, -0.15) is 0 Å². The van der Waals surface area contributed by atoms with Crippen LogP contribution in [0.2, 0.25) is 0 Å². The molecule has 1 aliphatic rings. The van der Waals surface area contributed by atoms with Crippen molar-refractivity contribution in [3.05, 3.63) is 17.0 Å². The number of likely N-dealkylation sites (tertiary alicyclic amines) is 1. The van der Waals surface area contributed by atoms with E-state index in [1.807, 2.05) is 0 Å². The van der Waals surface area contributed by atoms with Crippen LogP contribution in [0.4, 0.5) is 15.0 Å². The minimum absolute atomic E-state index is 0.112. The summed E-state index contributed by atoms with van der Waals surface area (Å²) in [4.78, 5) is 33.8. The van der Waals surface area contributed by atoms with Crippen LogP contribution in [-0.4, -0.2) is 50.7 Å². The highest BCUT2D eigenvalue weighted by atomic mass is 79.9. The second-order valence-corrected chi connectivity index (χ2v) is 7.77. The molecule has 2 unspecified atom stereocenters.